The molecule has 0 unspecified atom stereocenters. The van der Waals surface area contributed by atoms with Gasteiger partial charge in [-0.2, -0.15) is 0 Å². The van der Waals surface area contributed by atoms with Gasteiger partial charge in [0.05, 0.1) is 10.2 Å². The standard InChI is InChI=1S/C21H20BBrFN5O4/c1-12(27-15-4-5-18(24)17(23)11-15)19-20(29-33-28-19)25-7-8-26-21(30)14-3-2-13-6-9-32-22(31)16(13)10-14/h2-5,10-11,27,31H,1,6-9H2,(H,25,29)(H,26,30). The third-order valence-electron chi connectivity index (χ3n) is 5.01. The molecule has 12 heteroatoms. The van der Waals surface area contributed by atoms with E-state index in [1.807, 2.05) is 6.07 Å². The van der Waals surface area contributed by atoms with Crippen molar-refractivity contribution in [3.63, 3.8) is 0 Å². The maximum atomic E-state index is 13.4. The molecule has 2 heterocycles. The van der Waals surface area contributed by atoms with E-state index in [0.717, 1.165) is 5.56 Å². The molecule has 0 saturated carbocycles. The summed E-state index contributed by atoms with van der Waals surface area (Å²) in [6, 6.07) is 9.66. The average Bonchev–Trinajstić information content (AvgIpc) is 3.28. The lowest BCUT2D eigenvalue weighted by Crippen LogP contribution is -2.42. The van der Waals surface area contributed by atoms with Crippen LogP contribution in [0.3, 0.4) is 0 Å². The van der Waals surface area contributed by atoms with E-state index in [4.69, 9.17) is 9.28 Å². The second kappa shape index (κ2) is 10.2. The number of carbonyl (C=O) groups excluding carboxylic acids is 1. The van der Waals surface area contributed by atoms with Gasteiger partial charge < -0.3 is 25.6 Å². The summed E-state index contributed by atoms with van der Waals surface area (Å²) < 4.78 is 23.7. The van der Waals surface area contributed by atoms with Gasteiger partial charge in [-0.25, -0.2) is 9.02 Å². The van der Waals surface area contributed by atoms with Crippen LogP contribution in [-0.2, 0) is 11.1 Å². The van der Waals surface area contributed by atoms with E-state index in [2.05, 4.69) is 48.8 Å². The molecule has 4 N–H and O–H groups in total. The summed E-state index contributed by atoms with van der Waals surface area (Å²) in [7, 11) is -1.01. The Hall–Kier alpha value is -3.22. The summed E-state index contributed by atoms with van der Waals surface area (Å²) in [5.74, 6) is -0.306. The van der Waals surface area contributed by atoms with Crippen molar-refractivity contribution < 1.29 is 23.5 Å². The zero-order valence-electron chi connectivity index (χ0n) is 17.4. The summed E-state index contributed by atoms with van der Waals surface area (Å²) in [5, 5.41) is 26.5. The normalized spacial score (nSPS) is 12.8. The highest BCUT2D eigenvalue weighted by Crippen LogP contribution is 2.24. The van der Waals surface area contributed by atoms with Crippen molar-refractivity contribution >= 4 is 51.6 Å². The van der Waals surface area contributed by atoms with Crippen LogP contribution in [0.25, 0.3) is 5.70 Å². The number of carbonyl (C=O) groups is 1. The molecular weight excluding hydrogens is 496 g/mol. The van der Waals surface area contributed by atoms with Gasteiger partial charge in [0.1, 0.15) is 5.82 Å². The maximum absolute atomic E-state index is 13.4. The zero-order valence-corrected chi connectivity index (χ0v) is 19.0. The minimum Gasteiger partial charge on any atom is -0.423 e. The van der Waals surface area contributed by atoms with Crippen molar-refractivity contribution in [3.8, 4) is 0 Å². The second-order valence-electron chi connectivity index (χ2n) is 7.26. The Balaban J connectivity index is 1.30. The fourth-order valence-corrected chi connectivity index (χ4v) is 3.71. The van der Waals surface area contributed by atoms with Crippen LogP contribution in [0.4, 0.5) is 15.9 Å². The van der Waals surface area contributed by atoms with E-state index in [0.29, 0.717) is 64.5 Å². The highest BCUT2D eigenvalue weighted by Gasteiger charge is 2.25. The molecule has 0 atom stereocenters. The number of benzene rings is 2. The summed E-state index contributed by atoms with van der Waals surface area (Å²) in [4.78, 5) is 12.5. The van der Waals surface area contributed by atoms with Gasteiger partial charge >= 0.3 is 7.12 Å². The molecule has 1 amide bonds. The Bertz CT molecular complexity index is 1190. The summed E-state index contributed by atoms with van der Waals surface area (Å²) in [5.41, 5.74) is 3.38. The van der Waals surface area contributed by atoms with Crippen LogP contribution < -0.4 is 21.4 Å². The van der Waals surface area contributed by atoms with Gasteiger partial charge in [0, 0.05) is 30.9 Å². The SMILES string of the molecule is C=C(Nc1ccc(F)c(Br)c1)c1nonc1NCCNC(=O)c1ccc2c(c1)B(O)OCC2. The van der Waals surface area contributed by atoms with Crippen LogP contribution in [0.15, 0.2) is 52.1 Å². The Labute approximate surface area is 197 Å². The van der Waals surface area contributed by atoms with Gasteiger partial charge in [0.2, 0.25) is 5.82 Å². The predicted octanol–water partition coefficient (Wildman–Crippen LogP) is 2.16. The molecule has 0 fully saturated rings. The molecule has 0 saturated heterocycles. The van der Waals surface area contributed by atoms with Crippen LogP contribution in [0.2, 0.25) is 0 Å². The summed E-state index contributed by atoms with van der Waals surface area (Å²) in [6.45, 7) is 5.02. The highest BCUT2D eigenvalue weighted by atomic mass is 79.9. The Kier molecular flexibility index (Phi) is 7.06. The number of hydrogen-bond acceptors (Lipinski definition) is 8. The molecule has 170 valence electrons. The lowest BCUT2D eigenvalue weighted by atomic mass is 9.73. The molecule has 2 aromatic carbocycles. The van der Waals surface area contributed by atoms with E-state index in [9.17, 15) is 14.2 Å². The van der Waals surface area contributed by atoms with E-state index < -0.39 is 7.12 Å². The van der Waals surface area contributed by atoms with Crippen molar-refractivity contribution in [2.24, 2.45) is 0 Å². The highest BCUT2D eigenvalue weighted by molar-refractivity contribution is 9.10. The molecule has 1 aromatic heterocycles. The van der Waals surface area contributed by atoms with Gasteiger partial charge in [-0.05, 0) is 74.0 Å². The van der Waals surface area contributed by atoms with E-state index in [1.54, 1.807) is 24.3 Å². The number of hydrogen-bond donors (Lipinski definition) is 4. The lowest BCUT2D eigenvalue weighted by molar-refractivity contribution is 0.0955. The molecule has 0 radical (unpaired) electrons. The van der Waals surface area contributed by atoms with Crippen molar-refractivity contribution in [2.45, 2.75) is 6.42 Å². The summed E-state index contributed by atoms with van der Waals surface area (Å²) >= 11 is 3.13. The topological polar surface area (TPSA) is 122 Å². The number of halogens is 2. The third kappa shape index (κ3) is 5.41. The molecule has 4 rings (SSSR count). The first-order chi connectivity index (χ1) is 15.9. The number of nitrogens with zero attached hydrogens (tertiary/aromatic N) is 2. The monoisotopic (exact) mass is 515 g/mol. The average molecular weight is 516 g/mol. The van der Waals surface area contributed by atoms with Gasteiger partial charge in [0.25, 0.3) is 5.91 Å². The second-order valence-corrected chi connectivity index (χ2v) is 8.12. The molecule has 1 aliphatic heterocycles. The minimum absolute atomic E-state index is 0.274. The van der Waals surface area contributed by atoms with Gasteiger partial charge in [-0.1, -0.05) is 12.6 Å². The Morgan fingerprint density at radius 2 is 2.09 bits per heavy atom. The van der Waals surface area contributed by atoms with Crippen molar-refractivity contribution in [2.75, 3.05) is 30.3 Å². The predicted molar refractivity (Wildman–Crippen MR) is 126 cm³/mol. The minimum atomic E-state index is -1.01. The van der Waals surface area contributed by atoms with Gasteiger partial charge in [0.15, 0.2) is 5.69 Å². The fraction of sp³-hybridized carbons (Fsp3) is 0.190. The van der Waals surface area contributed by atoms with Gasteiger partial charge in [-0.3, -0.25) is 4.79 Å². The van der Waals surface area contributed by atoms with Crippen LogP contribution in [0.5, 0.6) is 0 Å². The lowest BCUT2D eigenvalue weighted by Gasteiger charge is -2.19. The molecule has 3 aromatic rings. The molecule has 33 heavy (non-hydrogen) atoms. The van der Waals surface area contributed by atoms with Crippen LogP contribution in [-0.4, -0.2) is 48.1 Å². The van der Waals surface area contributed by atoms with Crippen molar-refractivity contribution in [1.82, 2.24) is 15.6 Å². The Morgan fingerprint density at radius 3 is 2.91 bits per heavy atom. The largest absolute Gasteiger partial charge is 0.491 e. The van der Waals surface area contributed by atoms with Crippen LogP contribution >= 0.6 is 15.9 Å². The first kappa shape index (κ1) is 23.0. The number of amides is 1. The smallest absolute Gasteiger partial charge is 0.423 e. The van der Waals surface area contributed by atoms with E-state index >= 15 is 0 Å². The van der Waals surface area contributed by atoms with E-state index in [-0.39, 0.29) is 11.7 Å². The molecular formula is C21H20BBrFN5O4. The van der Waals surface area contributed by atoms with Crippen LogP contribution in [0.1, 0.15) is 21.6 Å². The maximum Gasteiger partial charge on any atom is 0.491 e. The van der Waals surface area contributed by atoms with Crippen molar-refractivity contribution in [3.05, 3.63) is 70.1 Å². The molecule has 9 nitrogen and oxygen atoms in total. The summed E-state index contributed by atoms with van der Waals surface area (Å²) in [6.07, 6.45) is 0.699. The molecule has 0 aliphatic carbocycles. The quantitative estimate of drug-likeness (QED) is 0.266. The number of nitrogens with one attached hydrogen (secondary N) is 3. The van der Waals surface area contributed by atoms with E-state index in [1.165, 1.54) is 6.07 Å². The third-order valence-corrected chi connectivity index (χ3v) is 5.62. The molecule has 0 spiro atoms. The van der Waals surface area contributed by atoms with Gasteiger partial charge in [-0.15, -0.1) is 0 Å². The Morgan fingerprint density at radius 1 is 1.24 bits per heavy atom. The number of aromatic nitrogens is 2. The number of anilines is 2. The van der Waals surface area contributed by atoms with Crippen molar-refractivity contribution in [1.29, 1.82) is 0 Å². The molecule has 0 bridgehead atoms. The number of fused-ring (bicyclic) bond motifs is 1. The first-order valence-electron chi connectivity index (χ1n) is 10.1. The van der Waals surface area contributed by atoms with Crippen LogP contribution in [0, 0.1) is 5.82 Å². The number of rotatable bonds is 8. The molecule has 1 aliphatic rings. The zero-order chi connectivity index (χ0) is 23.4. The fourth-order valence-electron chi connectivity index (χ4n) is 3.33. The first-order valence-corrected chi connectivity index (χ1v) is 10.9.